The van der Waals surface area contributed by atoms with Crippen LogP contribution in [-0.2, 0) is 9.53 Å². The topological polar surface area (TPSA) is 46.5 Å². The Morgan fingerprint density at radius 1 is 0.963 bits per heavy atom. The lowest BCUT2D eigenvalue weighted by molar-refractivity contribution is -0.152. The average molecular weight is 446 g/mol. The molecule has 0 bridgehead atoms. The monoisotopic (exact) mass is 444 g/mol. The van der Waals surface area contributed by atoms with E-state index in [0.29, 0.717) is 6.42 Å². The van der Waals surface area contributed by atoms with Crippen molar-refractivity contribution in [2.24, 2.45) is 0 Å². The van der Waals surface area contributed by atoms with Crippen molar-refractivity contribution in [2.75, 3.05) is 0 Å². The number of rotatable bonds is 14. The highest BCUT2D eigenvalue weighted by atomic mass is 35.6. The van der Waals surface area contributed by atoms with Crippen LogP contribution in [-0.4, -0.2) is 27.1 Å². The van der Waals surface area contributed by atoms with Crippen molar-refractivity contribution in [3.05, 3.63) is 12.2 Å². The van der Waals surface area contributed by atoms with Crippen LogP contribution in [0.15, 0.2) is 12.2 Å². The van der Waals surface area contributed by atoms with Gasteiger partial charge < -0.3 is 9.84 Å². The van der Waals surface area contributed by atoms with Crippen molar-refractivity contribution in [3.63, 3.8) is 0 Å². The molecule has 2 unspecified atom stereocenters. The largest absolute Gasteiger partial charge is 0.456 e. The second kappa shape index (κ2) is 19.4. The molecule has 0 spiro atoms. The minimum absolute atomic E-state index is 0.441. The molecule has 1 N–H and O–H groups in total. The van der Waals surface area contributed by atoms with Gasteiger partial charge in [-0.25, -0.2) is 4.79 Å². The fourth-order valence-electron chi connectivity index (χ4n) is 2.53. The van der Waals surface area contributed by atoms with Crippen LogP contribution in [0, 0.1) is 0 Å². The zero-order chi connectivity index (χ0) is 21.1. The van der Waals surface area contributed by atoms with Gasteiger partial charge in [0.1, 0.15) is 12.2 Å². The summed E-state index contributed by atoms with van der Waals surface area (Å²) in [5, 5.41) is 10.1. The SMILES string of the molecule is CC.CCCCCCCCCCC/C=C/C(O)C(CC)OC(=O)C(Cl)(Cl)Cl. The van der Waals surface area contributed by atoms with Gasteiger partial charge in [0, 0.05) is 0 Å². The van der Waals surface area contributed by atoms with Crippen LogP contribution in [0.5, 0.6) is 0 Å². The van der Waals surface area contributed by atoms with Crippen molar-refractivity contribution in [1.29, 1.82) is 0 Å². The Morgan fingerprint density at radius 2 is 1.44 bits per heavy atom. The number of carbonyl (C=O) groups is 1. The van der Waals surface area contributed by atoms with Crippen molar-refractivity contribution >= 4 is 40.8 Å². The van der Waals surface area contributed by atoms with Crippen molar-refractivity contribution in [3.8, 4) is 0 Å². The Morgan fingerprint density at radius 3 is 1.89 bits per heavy atom. The molecule has 0 fully saturated rings. The number of esters is 1. The molecule has 0 aliphatic rings. The predicted molar refractivity (Wildman–Crippen MR) is 119 cm³/mol. The van der Waals surface area contributed by atoms with Gasteiger partial charge in [0.25, 0.3) is 3.79 Å². The van der Waals surface area contributed by atoms with E-state index in [-0.39, 0.29) is 0 Å². The lowest BCUT2D eigenvalue weighted by Gasteiger charge is -2.21. The highest BCUT2D eigenvalue weighted by Crippen LogP contribution is 2.28. The number of unbranched alkanes of at least 4 members (excludes halogenated alkanes) is 9. The number of ether oxygens (including phenoxy) is 1. The fraction of sp³-hybridized carbons (Fsp3) is 0.857. The summed E-state index contributed by atoms with van der Waals surface area (Å²) in [6.07, 6.45) is 14.9. The van der Waals surface area contributed by atoms with Crippen LogP contribution in [0.1, 0.15) is 98.3 Å². The standard InChI is InChI=1S/C19H33Cl3O3.C2H6/c1-3-5-6-7-8-9-10-11-12-13-14-15-16(23)17(4-2)25-18(24)19(20,21)22;1-2/h14-17,23H,3-13H2,1-2H3;1-2H3/b15-14+;. The molecular formula is C21H39Cl3O3. The van der Waals surface area contributed by atoms with Gasteiger partial charge in [0.2, 0.25) is 0 Å². The number of halogens is 3. The van der Waals surface area contributed by atoms with E-state index in [4.69, 9.17) is 39.5 Å². The molecule has 0 aromatic heterocycles. The minimum Gasteiger partial charge on any atom is -0.456 e. The lowest BCUT2D eigenvalue weighted by Crippen LogP contribution is -2.34. The summed E-state index contributed by atoms with van der Waals surface area (Å²) >= 11 is 16.4. The number of allylic oxidation sites excluding steroid dienone is 1. The van der Waals surface area contributed by atoms with Crippen molar-refractivity contribution in [1.82, 2.24) is 0 Å². The van der Waals surface area contributed by atoms with Crippen molar-refractivity contribution < 1.29 is 14.6 Å². The zero-order valence-electron chi connectivity index (χ0n) is 17.5. The van der Waals surface area contributed by atoms with Crippen LogP contribution in [0.25, 0.3) is 0 Å². The van der Waals surface area contributed by atoms with Gasteiger partial charge in [0.05, 0.1) is 0 Å². The third-order valence-electron chi connectivity index (χ3n) is 4.08. The van der Waals surface area contributed by atoms with Gasteiger partial charge >= 0.3 is 5.97 Å². The van der Waals surface area contributed by atoms with Crippen molar-refractivity contribution in [2.45, 2.75) is 114 Å². The molecule has 0 heterocycles. The van der Waals surface area contributed by atoms with Crippen LogP contribution < -0.4 is 0 Å². The second-order valence-electron chi connectivity index (χ2n) is 6.39. The molecule has 0 aliphatic carbocycles. The summed E-state index contributed by atoms with van der Waals surface area (Å²) in [4.78, 5) is 11.5. The van der Waals surface area contributed by atoms with E-state index in [2.05, 4.69) is 6.92 Å². The molecular weight excluding hydrogens is 407 g/mol. The molecule has 0 aromatic carbocycles. The first-order chi connectivity index (χ1) is 12.8. The summed E-state index contributed by atoms with van der Waals surface area (Å²) in [7, 11) is 0. The Balaban J connectivity index is 0. The number of hydrogen-bond donors (Lipinski definition) is 1. The van der Waals surface area contributed by atoms with E-state index in [1.165, 1.54) is 51.4 Å². The summed E-state index contributed by atoms with van der Waals surface area (Å²) in [5.41, 5.74) is 0. The van der Waals surface area contributed by atoms with Crippen LogP contribution in [0.4, 0.5) is 0 Å². The third kappa shape index (κ3) is 17.8. The Kier molecular flexibility index (Phi) is 21.0. The molecule has 0 aliphatic heterocycles. The van der Waals surface area contributed by atoms with E-state index in [0.717, 1.165) is 12.8 Å². The number of carbonyl (C=O) groups excluding carboxylic acids is 1. The molecule has 0 saturated heterocycles. The first kappa shape index (κ1) is 29.2. The molecule has 0 amide bonds. The van der Waals surface area contributed by atoms with Crippen LogP contribution in [0.2, 0.25) is 0 Å². The lowest BCUT2D eigenvalue weighted by atomic mass is 10.1. The highest BCUT2D eigenvalue weighted by Gasteiger charge is 2.35. The van der Waals surface area contributed by atoms with E-state index in [1.807, 2.05) is 19.9 Å². The van der Waals surface area contributed by atoms with Gasteiger partial charge in [-0.1, -0.05) is 126 Å². The summed E-state index contributed by atoms with van der Waals surface area (Å²) in [6, 6.07) is 0. The molecule has 0 rings (SSSR count). The number of hydrogen-bond acceptors (Lipinski definition) is 3. The highest BCUT2D eigenvalue weighted by molar-refractivity contribution is 6.75. The first-order valence-electron chi connectivity index (χ1n) is 10.4. The van der Waals surface area contributed by atoms with Gasteiger partial charge in [0.15, 0.2) is 0 Å². The van der Waals surface area contributed by atoms with Gasteiger partial charge in [-0.3, -0.25) is 0 Å². The third-order valence-corrected chi connectivity index (χ3v) is 4.54. The fourth-order valence-corrected chi connectivity index (χ4v) is 2.66. The summed E-state index contributed by atoms with van der Waals surface area (Å²) in [5.74, 6) is -0.962. The molecule has 0 radical (unpaired) electrons. The second-order valence-corrected chi connectivity index (χ2v) is 8.67. The van der Waals surface area contributed by atoms with Gasteiger partial charge in [-0.15, -0.1) is 0 Å². The maximum absolute atomic E-state index is 11.5. The molecule has 162 valence electrons. The quantitative estimate of drug-likeness (QED) is 0.130. The average Bonchev–Trinajstić information content (AvgIpc) is 2.64. The smallest absolute Gasteiger partial charge is 0.358 e. The van der Waals surface area contributed by atoms with E-state index < -0.39 is 22.0 Å². The maximum atomic E-state index is 11.5. The number of aliphatic hydroxyl groups is 1. The molecule has 0 aromatic rings. The van der Waals surface area contributed by atoms with E-state index >= 15 is 0 Å². The first-order valence-corrected chi connectivity index (χ1v) is 11.6. The zero-order valence-corrected chi connectivity index (χ0v) is 19.8. The van der Waals surface area contributed by atoms with Gasteiger partial charge in [-0.05, 0) is 19.3 Å². The maximum Gasteiger partial charge on any atom is 0.358 e. The molecule has 6 heteroatoms. The normalized spacial score (nSPS) is 13.8. The van der Waals surface area contributed by atoms with E-state index in [9.17, 15) is 9.90 Å². The summed E-state index contributed by atoms with van der Waals surface area (Å²) in [6.45, 7) is 8.03. The van der Waals surface area contributed by atoms with E-state index in [1.54, 1.807) is 13.0 Å². The number of alkyl halides is 3. The molecule has 27 heavy (non-hydrogen) atoms. The van der Waals surface area contributed by atoms with Crippen LogP contribution >= 0.6 is 34.8 Å². The Bertz CT molecular complexity index is 368. The van der Waals surface area contributed by atoms with Crippen LogP contribution in [0.3, 0.4) is 0 Å². The molecule has 0 saturated carbocycles. The summed E-state index contributed by atoms with van der Waals surface area (Å²) < 4.78 is 2.92. The Labute approximate surface area is 181 Å². The molecule has 3 nitrogen and oxygen atoms in total. The predicted octanol–water partition coefficient (Wildman–Crippen LogP) is 7.54. The minimum atomic E-state index is -2.12. The Hall–Kier alpha value is 0.0400. The number of aliphatic hydroxyl groups excluding tert-OH is 1. The molecule has 2 atom stereocenters. The van der Waals surface area contributed by atoms with Gasteiger partial charge in [-0.2, -0.15) is 0 Å².